The Bertz CT molecular complexity index is 1970. The summed E-state index contributed by atoms with van der Waals surface area (Å²) in [6, 6.07) is 32.5. The van der Waals surface area contributed by atoms with Crippen LogP contribution < -0.4 is 4.90 Å². The minimum Gasteiger partial charge on any atom is -0.294 e. The van der Waals surface area contributed by atoms with Crippen LogP contribution in [0.5, 0.6) is 0 Å². The molecule has 6 heteroatoms. The van der Waals surface area contributed by atoms with E-state index in [1.807, 2.05) is 71.6 Å². The van der Waals surface area contributed by atoms with Crippen LogP contribution in [0.15, 0.2) is 126 Å². The molecule has 1 aliphatic heterocycles. The molecule has 2 aromatic heterocycles. The van der Waals surface area contributed by atoms with E-state index in [2.05, 4.69) is 42.0 Å². The van der Waals surface area contributed by atoms with Gasteiger partial charge in [0, 0.05) is 10.8 Å². The molecule has 3 heterocycles. The summed E-state index contributed by atoms with van der Waals surface area (Å²) in [4.78, 5) is 7.58. The normalized spacial score (nSPS) is 13.7. The van der Waals surface area contributed by atoms with Gasteiger partial charge in [-0.25, -0.2) is 13.4 Å². The minimum absolute atomic E-state index is 0.265. The molecule has 0 unspecified atom stereocenters. The van der Waals surface area contributed by atoms with Gasteiger partial charge in [-0.3, -0.25) is 9.47 Å². The van der Waals surface area contributed by atoms with Crippen LogP contribution in [0.25, 0.3) is 39.8 Å². The highest BCUT2D eigenvalue weighted by atomic mass is 32.2. The number of sulfone groups is 1. The number of hydrogen-bond acceptors (Lipinski definition) is 4. The van der Waals surface area contributed by atoms with Gasteiger partial charge >= 0.3 is 0 Å². The second-order valence-electron chi connectivity index (χ2n) is 9.43. The van der Waals surface area contributed by atoms with Crippen LogP contribution in [0, 0.1) is 0 Å². The van der Waals surface area contributed by atoms with Gasteiger partial charge in [0.25, 0.3) is 0 Å². The number of rotatable bonds is 4. The van der Waals surface area contributed by atoms with E-state index in [0.29, 0.717) is 17.2 Å². The van der Waals surface area contributed by atoms with Gasteiger partial charge in [0.1, 0.15) is 11.6 Å². The fourth-order valence-electron chi connectivity index (χ4n) is 5.45. The molecule has 0 aliphatic carbocycles. The molecule has 1 aliphatic rings. The molecule has 5 nitrogen and oxygen atoms in total. The topological polar surface area (TPSA) is 55.2 Å². The zero-order chi connectivity index (χ0) is 26.7. The summed E-state index contributed by atoms with van der Waals surface area (Å²) in [6.07, 6.45) is 3.69. The lowest BCUT2D eigenvalue weighted by molar-refractivity contribution is 0.595. The van der Waals surface area contributed by atoms with Crippen LogP contribution in [-0.2, 0) is 9.84 Å². The Labute approximate surface area is 226 Å². The fourth-order valence-corrected chi connectivity index (χ4v) is 7.08. The van der Waals surface area contributed by atoms with Crippen LogP contribution in [0.2, 0.25) is 0 Å². The molecule has 0 saturated heterocycles. The van der Waals surface area contributed by atoms with E-state index in [0.717, 1.165) is 38.8 Å². The molecule has 0 atom stereocenters. The summed E-state index contributed by atoms with van der Waals surface area (Å²) in [5.41, 5.74) is 5.26. The Morgan fingerprint density at radius 2 is 1.13 bits per heavy atom. The van der Waals surface area contributed by atoms with Gasteiger partial charge in [0.15, 0.2) is 0 Å². The zero-order valence-corrected chi connectivity index (χ0v) is 21.8. The van der Waals surface area contributed by atoms with Crippen molar-refractivity contribution in [3.63, 3.8) is 0 Å². The lowest BCUT2D eigenvalue weighted by atomic mass is 10.1. The molecule has 0 saturated carbocycles. The van der Waals surface area contributed by atoms with Gasteiger partial charge in [-0.1, -0.05) is 67.8 Å². The fraction of sp³-hybridized carbons (Fsp3) is 0. The highest BCUT2D eigenvalue weighted by Gasteiger charge is 2.35. The van der Waals surface area contributed by atoms with Crippen molar-refractivity contribution in [3.05, 3.63) is 127 Å². The second-order valence-corrected chi connectivity index (χ2v) is 11.3. The third-order valence-corrected chi connectivity index (χ3v) is 9.10. The highest BCUT2D eigenvalue weighted by molar-refractivity contribution is 7.92. The number of para-hydroxylation sites is 2. The number of aromatic nitrogens is 2. The average molecular weight is 526 g/mol. The summed E-state index contributed by atoms with van der Waals surface area (Å²) >= 11 is 0. The third-order valence-electron chi connectivity index (χ3n) is 7.25. The molecule has 6 aromatic rings. The number of nitrogens with zero attached hydrogens (tertiary/aromatic N) is 3. The summed E-state index contributed by atoms with van der Waals surface area (Å²) in [5, 5.41) is 2.19. The molecule has 4 aromatic carbocycles. The van der Waals surface area contributed by atoms with Crippen molar-refractivity contribution in [3.8, 4) is 5.82 Å². The Morgan fingerprint density at radius 3 is 1.67 bits per heavy atom. The Kier molecular flexibility index (Phi) is 5.08. The van der Waals surface area contributed by atoms with Gasteiger partial charge in [-0.2, -0.15) is 0 Å². The van der Waals surface area contributed by atoms with Crippen molar-refractivity contribution < 1.29 is 8.42 Å². The lowest BCUT2D eigenvalue weighted by Crippen LogP contribution is -2.23. The van der Waals surface area contributed by atoms with Crippen LogP contribution in [0.3, 0.4) is 0 Å². The third kappa shape index (κ3) is 3.39. The molecule has 0 fully saturated rings. The number of anilines is 3. The Balaban J connectivity index is 1.50. The summed E-state index contributed by atoms with van der Waals surface area (Å²) in [7, 11) is -3.66. The van der Waals surface area contributed by atoms with Crippen LogP contribution in [0.4, 0.5) is 17.2 Å². The van der Waals surface area contributed by atoms with Crippen molar-refractivity contribution in [1.82, 2.24) is 9.55 Å². The monoisotopic (exact) mass is 525 g/mol. The van der Waals surface area contributed by atoms with Crippen molar-refractivity contribution >= 4 is 61.0 Å². The molecular formula is C33H23N3O2S. The van der Waals surface area contributed by atoms with Gasteiger partial charge in [-0.05, 0) is 71.8 Å². The molecule has 0 N–H and O–H groups in total. The van der Waals surface area contributed by atoms with Gasteiger partial charge in [-0.15, -0.1) is 0 Å². The van der Waals surface area contributed by atoms with E-state index in [9.17, 15) is 8.42 Å². The molecule has 188 valence electrons. The van der Waals surface area contributed by atoms with Gasteiger partial charge in [0.05, 0.1) is 32.2 Å². The maximum absolute atomic E-state index is 13.5. The summed E-state index contributed by atoms with van der Waals surface area (Å²) in [5.74, 6) is 1.36. The summed E-state index contributed by atoms with van der Waals surface area (Å²) < 4.78 is 29.1. The smallest absolute Gasteiger partial charge is 0.210 e. The van der Waals surface area contributed by atoms with Gasteiger partial charge < -0.3 is 0 Å². The Morgan fingerprint density at radius 1 is 0.615 bits per heavy atom. The van der Waals surface area contributed by atoms with E-state index in [1.54, 1.807) is 24.3 Å². The second kappa shape index (κ2) is 8.55. The van der Waals surface area contributed by atoms with Crippen molar-refractivity contribution in [2.24, 2.45) is 0 Å². The first kappa shape index (κ1) is 23.2. The number of pyridine rings is 1. The number of benzene rings is 4. The average Bonchev–Trinajstić information content (AvgIpc) is 3.30. The first-order valence-corrected chi connectivity index (χ1v) is 14.0. The number of hydrogen-bond donors (Lipinski definition) is 0. The number of fused-ring (bicyclic) bond motifs is 5. The van der Waals surface area contributed by atoms with E-state index >= 15 is 0 Å². The molecular weight excluding hydrogens is 502 g/mol. The predicted octanol–water partition coefficient (Wildman–Crippen LogP) is 8.08. The molecule has 0 radical (unpaired) electrons. The largest absolute Gasteiger partial charge is 0.294 e. The van der Waals surface area contributed by atoms with Crippen molar-refractivity contribution in [1.29, 1.82) is 0 Å². The molecule has 0 amide bonds. The van der Waals surface area contributed by atoms with E-state index < -0.39 is 9.84 Å². The van der Waals surface area contributed by atoms with Crippen LogP contribution in [0.1, 0.15) is 11.1 Å². The molecule has 39 heavy (non-hydrogen) atoms. The zero-order valence-electron chi connectivity index (χ0n) is 21.0. The van der Waals surface area contributed by atoms with Crippen molar-refractivity contribution in [2.45, 2.75) is 9.79 Å². The predicted molar refractivity (Wildman–Crippen MR) is 159 cm³/mol. The maximum Gasteiger partial charge on any atom is 0.210 e. The summed E-state index contributed by atoms with van der Waals surface area (Å²) in [6.45, 7) is 7.89. The molecule has 0 spiro atoms. The SMILES string of the molecule is C=Cc1ccc2c(c1)c1cc(C=C)ccc1n2-c1cccc(N2c3ccccc3S(=O)(=O)c3ccccc32)n1. The first-order valence-electron chi connectivity index (χ1n) is 12.5. The minimum atomic E-state index is -3.66. The van der Waals surface area contributed by atoms with Gasteiger partial charge in [0.2, 0.25) is 9.84 Å². The van der Waals surface area contributed by atoms with Crippen LogP contribution in [-0.4, -0.2) is 18.0 Å². The van der Waals surface area contributed by atoms with Crippen LogP contribution >= 0.6 is 0 Å². The Hall–Kier alpha value is -4.94. The van der Waals surface area contributed by atoms with E-state index in [-0.39, 0.29) is 9.79 Å². The molecule has 0 bridgehead atoms. The standard InChI is InChI=1S/C33H23N3O2S/c1-3-22-16-18-26-24(20-22)25-21-23(4-2)17-19-27(25)35(26)32-14-9-15-33(34-32)36-28-10-5-7-12-30(28)39(37,38)31-13-8-6-11-29(31)36/h3-21H,1-2H2. The highest BCUT2D eigenvalue weighted by Crippen LogP contribution is 2.47. The quantitative estimate of drug-likeness (QED) is 0.233. The maximum atomic E-state index is 13.5. The van der Waals surface area contributed by atoms with E-state index in [1.165, 1.54) is 0 Å². The van der Waals surface area contributed by atoms with Crippen molar-refractivity contribution in [2.75, 3.05) is 4.90 Å². The molecule has 7 rings (SSSR count). The first-order chi connectivity index (χ1) is 19.0. The lowest BCUT2D eigenvalue weighted by Gasteiger charge is -2.32. The van der Waals surface area contributed by atoms with E-state index in [4.69, 9.17) is 4.98 Å².